The first-order chi connectivity index (χ1) is 11.6. The second kappa shape index (κ2) is 6.88. The van der Waals surface area contributed by atoms with Crippen molar-refractivity contribution >= 4 is 23.1 Å². The first kappa shape index (κ1) is 16.3. The van der Waals surface area contributed by atoms with E-state index in [4.69, 9.17) is 4.74 Å². The fourth-order valence-corrected chi connectivity index (χ4v) is 3.24. The lowest BCUT2D eigenvalue weighted by Gasteiger charge is -2.23. The molecule has 2 nitrogen and oxygen atoms in total. The molecule has 2 aromatic carbocycles. The summed E-state index contributed by atoms with van der Waals surface area (Å²) in [5, 5.41) is 2.42. The Kier molecular flexibility index (Phi) is 4.66. The molecule has 1 atom stereocenters. The second-order valence-corrected chi connectivity index (χ2v) is 6.29. The molecule has 0 N–H and O–H groups in total. The fraction of sp³-hybridized carbons (Fsp3) is 0.227. The summed E-state index contributed by atoms with van der Waals surface area (Å²) in [5.74, 6) is 1.21. The van der Waals surface area contributed by atoms with E-state index in [1.165, 1.54) is 27.5 Å². The molecule has 0 saturated carbocycles. The van der Waals surface area contributed by atoms with Crippen LogP contribution in [0.15, 0.2) is 59.8 Å². The van der Waals surface area contributed by atoms with Crippen LogP contribution in [0.2, 0.25) is 0 Å². The Morgan fingerprint density at radius 2 is 2.04 bits per heavy atom. The van der Waals surface area contributed by atoms with Gasteiger partial charge < -0.3 is 4.74 Å². The van der Waals surface area contributed by atoms with Gasteiger partial charge >= 0.3 is 0 Å². The second-order valence-electron chi connectivity index (χ2n) is 6.29. The SMILES string of the molecule is C=C(C)/C=C\N=CC(C)c1c(C)c2c(c3ccccc13)OCC=C2. The fourth-order valence-electron chi connectivity index (χ4n) is 3.24. The molecular formula is C22H23NO. The van der Waals surface area contributed by atoms with Gasteiger partial charge in [0, 0.05) is 29.3 Å². The van der Waals surface area contributed by atoms with Gasteiger partial charge in [-0.2, -0.15) is 0 Å². The van der Waals surface area contributed by atoms with E-state index in [0.29, 0.717) is 6.61 Å². The van der Waals surface area contributed by atoms with Crippen LogP contribution in [0.25, 0.3) is 16.8 Å². The molecule has 1 aliphatic heterocycles. The number of nitrogens with zero attached hydrogens (tertiary/aromatic N) is 1. The molecular weight excluding hydrogens is 294 g/mol. The van der Waals surface area contributed by atoms with Crippen LogP contribution in [-0.4, -0.2) is 12.8 Å². The van der Waals surface area contributed by atoms with Gasteiger partial charge in [0.2, 0.25) is 0 Å². The highest BCUT2D eigenvalue weighted by Gasteiger charge is 2.20. The van der Waals surface area contributed by atoms with E-state index >= 15 is 0 Å². The molecule has 122 valence electrons. The smallest absolute Gasteiger partial charge is 0.135 e. The van der Waals surface area contributed by atoms with E-state index in [9.17, 15) is 0 Å². The number of ether oxygens (including phenoxy) is 1. The number of hydrogen-bond acceptors (Lipinski definition) is 2. The molecule has 3 rings (SSSR count). The quantitative estimate of drug-likeness (QED) is 0.514. The van der Waals surface area contributed by atoms with Gasteiger partial charge in [0.1, 0.15) is 12.4 Å². The highest BCUT2D eigenvalue weighted by molar-refractivity contribution is 5.98. The van der Waals surface area contributed by atoms with Crippen molar-refractivity contribution in [1.29, 1.82) is 0 Å². The summed E-state index contributed by atoms with van der Waals surface area (Å²) >= 11 is 0. The van der Waals surface area contributed by atoms with Crippen molar-refractivity contribution in [1.82, 2.24) is 0 Å². The Labute approximate surface area is 143 Å². The van der Waals surface area contributed by atoms with Gasteiger partial charge in [-0.25, -0.2) is 0 Å². The monoisotopic (exact) mass is 317 g/mol. The Morgan fingerprint density at radius 3 is 2.79 bits per heavy atom. The first-order valence-electron chi connectivity index (χ1n) is 8.29. The highest BCUT2D eigenvalue weighted by Crippen LogP contribution is 2.40. The van der Waals surface area contributed by atoms with Gasteiger partial charge in [-0.05, 0) is 42.5 Å². The van der Waals surface area contributed by atoms with Gasteiger partial charge in [-0.3, -0.25) is 4.99 Å². The maximum absolute atomic E-state index is 5.94. The molecule has 0 radical (unpaired) electrons. The number of hydrogen-bond donors (Lipinski definition) is 0. The molecule has 0 aromatic heterocycles. The van der Waals surface area contributed by atoms with Gasteiger partial charge in [0.05, 0.1) is 0 Å². The number of fused-ring (bicyclic) bond motifs is 3. The van der Waals surface area contributed by atoms with Crippen molar-refractivity contribution in [3.63, 3.8) is 0 Å². The Hall–Kier alpha value is -2.61. The average Bonchev–Trinajstić information content (AvgIpc) is 2.59. The van der Waals surface area contributed by atoms with Gasteiger partial charge in [-0.15, -0.1) is 0 Å². The molecule has 1 unspecified atom stereocenters. The van der Waals surface area contributed by atoms with E-state index in [-0.39, 0.29) is 5.92 Å². The molecule has 24 heavy (non-hydrogen) atoms. The van der Waals surface area contributed by atoms with Gasteiger partial charge in [0.25, 0.3) is 0 Å². The number of rotatable bonds is 4. The summed E-state index contributed by atoms with van der Waals surface area (Å²) in [6.45, 7) is 10.8. The number of aliphatic imine (C=N–C) groups is 1. The molecule has 0 amide bonds. The summed E-state index contributed by atoms with van der Waals surface area (Å²) in [5.41, 5.74) is 4.76. The summed E-state index contributed by atoms with van der Waals surface area (Å²) < 4.78 is 5.94. The van der Waals surface area contributed by atoms with E-state index in [1.54, 1.807) is 6.20 Å². The normalized spacial score (nSPS) is 15.0. The summed E-state index contributed by atoms with van der Waals surface area (Å²) in [7, 11) is 0. The third-order valence-corrected chi connectivity index (χ3v) is 4.33. The standard InChI is InChI=1S/C22H23NO/c1-15(2)11-12-23-14-16(3)21-17(4)18-10-7-13-24-22(18)20-9-6-5-8-19(20)21/h5-12,14,16H,1,13H2,2-4H3/b12-11-,23-14?. The van der Waals surface area contributed by atoms with Crippen LogP contribution in [0.4, 0.5) is 0 Å². The van der Waals surface area contributed by atoms with E-state index in [1.807, 2.05) is 19.2 Å². The van der Waals surface area contributed by atoms with Crippen LogP contribution >= 0.6 is 0 Å². The Balaban J connectivity index is 2.12. The van der Waals surface area contributed by atoms with Gasteiger partial charge in [0.15, 0.2) is 0 Å². The van der Waals surface area contributed by atoms with E-state index in [0.717, 1.165) is 11.3 Å². The zero-order valence-electron chi connectivity index (χ0n) is 14.5. The average molecular weight is 317 g/mol. The summed E-state index contributed by atoms with van der Waals surface area (Å²) in [6, 6.07) is 8.47. The molecule has 0 bridgehead atoms. The Bertz CT molecular complexity index is 871. The first-order valence-corrected chi connectivity index (χ1v) is 8.29. The molecule has 0 aliphatic carbocycles. The van der Waals surface area contributed by atoms with Crippen LogP contribution in [-0.2, 0) is 0 Å². The van der Waals surface area contributed by atoms with Crippen molar-refractivity contribution < 1.29 is 4.74 Å². The van der Waals surface area contributed by atoms with Crippen LogP contribution in [0.1, 0.15) is 36.5 Å². The Morgan fingerprint density at radius 1 is 1.29 bits per heavy atom. The molecule has 0 fully saturated rings. The summed E-state index contributed by atoms with van der Waals surface area (Å²) in [4.78, 5) is 4.43. The highest BCUT2D eigenvalue weighted by atomic mass is 16.5. The van der Waals surface area contributed by atoms with Crippen LogP contribution in [0, 0.1) is 6.92 Å². The van der Waals surface area contributed by atoms with E-state index in [2.05, 4.69) is 61.8 Å². The van der Waals surface area contributed by atoms with Crippen LogP contribution < -0.4 is 4.74 Å². The third kappa shape index (κ3) is 3.05. The van der Waals surface area contributed by atoms with Crippen molar-refractivity contribution in [2.45, 2.75) is 26.7 Å². The third-order valence-electron chi connectivity index (χ3n) is 4.33. The van der Waals surface area contributed by atoms with E-state index < -0.39 is 0 Å². The number of allylic oxidation sites excluding steroid dienone is 2. The van der Waals surface area contributed by atoms with Crippen molar-refractivity contribution in [3.05, 3.63) is 71.5 Å². The zero-order chi connectivity index (χ0) is 17.1. The molecule has 2 aromatic rings. The lowest BCUT2D eigenvalue weighted by Crippen LogP contribution is -2.07. The number of benzene rings is 2. The minimum Gasteiger partial charge on any atom is -0.488 e. The van der Waals surface area contributed by atoms with Crippen molar-refractivity contribution in [3.8, 4) is 5.75 Å². The zero-order valence-corrected chi connectivity index (χ0v) is 14.5. The predicted molar refractivity (Wildman–Crippen MR) is 104 cm³/mol. The van der Waals surface area contributed by atoms with Crippen molar-refractivity contribution in [2.75, 3.05) is 6.61 Å². The molecule has 2 heteroatoms. The predicted octanol–water partition coefficient (Wildman–Crippen LogP) is 5.82. The maximum atomic E-state index is 5.94. The molecule has 0 spiro atoms. The molecule has 1 aliphatic rings. The van der Waals surface area contributed by atoms with Crippen LogP contribution in [0.3, 0.4) is 0 Å². The lowest BCUT2D eigenvalue weighted by molar-refractivity contribution is 0.362. The molecule has 1 heterocycles. The minimum atomic E-state index is 0.213. The van der Waals surface area contributed by atoms with Gasteiger partial charge in [-0.1, -0.05) is 49.4 Å². The van der Waals surface area contributed by atoms with Crippen LogP contribution in [0.5, 0.6) is 5.75 Å². The summed E-state index contributed by atoms with van der Waals surface area (Å²) in [6.07, 6.45) is 9.96. The minimum absolute atomic E-state index is 0.213. The van der Waals surface area contributed by atoms with Crippen molar-refractivity contribution in [2.24, 2.45) is 4.99 Å². The topological polar surface area (TPSA) is 21.6 Å². The molecule has 0 saturated heterocycles. The maximum Gasteiger partial charge on any atom is 0.135 e. The lowest BCUT2D eigenvalue weighted by atomic mass is 9.87. The largest absolute Gasteiger partial charge is 0.488 e.